The van der Waals surface area contributed by atoms with E-state index >= 15 is 0 Å². The Bertz CT molecular complexity index is 1180. The fourth-order valence-corrected chi connectivity index (χ4v) is 4.18. The molecule has 0 unspecified atom stereocenters. The fraction of sp³-hybridized carbons (Fsp3) is 0.136. The number of nitrogens with one attached hydrogen (secondary N) is 2. The number of benzene rings is 3. The van der Waals surface area contributed by atoms with Crippen molar-refractivity contribution in [2.24, 2.45) is 0 Å². The Kier molecular flexibility index (Phi) is 7.04. The molecule has 31 heavy (non-hydrogen) atoms. The van der Waals surface area contributed by atoms with Crippen LogP contribution in [0.4, 0.5) is 5.69 Å². The Morgan fingerprint density at radius 3 is 2.29 bits per heavy atom. The quantitative estimate of drug-likeness (QED) is 0.528. The summed E-state index contributed by atoms with van der Waals surface area (Å²) in [5.74, 6) is 0.758. The molecule has 2 N–H and O–H groups in total. The summed E-state index contributed by atoms with van der Waals surface area (Å²) in [6, 6.07) is 17.6. The zero-order chi connectivity index (χ0) is 22.4. The Labute approximate surface area is 186 Å². The van der Waals surface area contributed by atoms with Crippen LogP contribution in [0.5, 0.6) is 11.5 Å². The van der Waals surface area contributed by atoms with Gasteiger partial charge in [-0.3, -0.25) is 9.52 Å². The number of halogens is 1. The van der Waals surface area contributed by atoms with Gasteiger partial charge in [0.15, 0.2) is 11.5 Å². The maximum Gasteiger partial charge on any atom is 0.261 e. The average Bonchev–Trinajstić information content (AvgIpc) is 2.77. The molecule has 0 heterocycles. The van der Waals surface area contributed by atoms with E-state index in [1.807, 2.05) is 6.07 Å². The minimum atomic E-state index is -3.75. The van der Waals surface area contributed by atoms with E-state index in [9.17, 15) is 13.2 Å². The van der Waals surface area contributed by atoms with Gasteiger partial charge in [0.25, 0.3) is 15.9 Å². The topological polar surface area (TPSA) is 93.7 Å². The number of hydrogen-bond acceptors (Lipinski definition) is 5. The number of anilines is 1. The molecule has 0 fully saturated rings. The van der Waals surface area contributed by atoms with Crippen LogP contribution in [0.2, 0.25) is 5.02 Å². The first-order chi connectivity index (χ1) is 14.8. The largest absolute Gasteiger partial charge is 0.493 e. The van der Waals surface area contributed by atoms with Crippen molar-refractivity contribution < 1.29 is 22.7 Å². The summed E-state index contributed by atoms with van der Waals surface area (Å²) in [5.41, 5.74) is 1.30. The molecule has 0 saturated carbocycles. The average molecular weight is 461 g/mol. The Morgan fingerprint density at radius 2 is 1.65 bits per heavy atom. The first-order valence-corrected chi connectivity index (χ1v) is 11.1. The summed E-state index contributed by atoms with van der Waals surface area (Å²) in [4.78, 5) is 12.7. The highest BCUT2D eigenvalue weighted by Crippen LogP contribution is 2.28. The maximum absolute atomic E-state index is 12.5. The first-order valence-electron chi connectivity index (χ1n) is 9.20. The number of methoxy groups -OCH3 is 2. The smallest absolute Gasteiger partial charge is 0.261 e. The van der Waals surface area contributed by atoms with E-state index in [0.29, 0.717) is 11.5 Å². The number of carbonyl (C=O) groups is 1. The van der Waals surface area contributed by atoms with Crippen molar-refractivity contribution in [3.05, 3.63) is 82.9 Å². The minimum Gasteiger partial charge on any atom is -0.493 e. The highest BCUT2D eigenvalue weighted by atomic mass is 35.5. The molecule has 9 heteroatoms. The second-order valence-electron chi connectivity index (χ2n) is 6.49. The van der Waals surface area contributed by atoms with Gasteiger partial charge >= 0.3 is 0 Å². The van der Waals surface area contributed by atoms with Crippen LogP contribution < -0.4 is 19.5 Å². The zero-order valence-corrected chi connectivity index (χ0v) is 18.5. The van der Waals surface area contributed by atoms with Gasteiger partial charge in [0, 0.05) is 6.54 Å². The molecule has 0 aliphatic heterocycles. The predicted octanol–water partition coefficient (Wildman–Crippen LogP) is 4.09. The highest BCUT2D eigenvalue weighted by Gasteiger charge is 2.16. The van der Waals surface area contributed by atoms with Gasteiger partial charge in [0.05, 0.1) is 35.4 Å². The van der Waals surface area contributed by atoms with Crippen molar-refractivity contribution in [3.8, 4) is 11.5 Å². The Morgan fingerprint density at radius 1 is 0.935 bits per heavy atom. The third kappa shape index (κ3) is 5.48. The molecule has 0 aliphatic rings. The molecule has 0 spiro atoms. The van der Waals surface area contributed by atoms with Gasteiger partial charge < -0.3 is 14.8 Å². The van der Waals surface area contributed by atoms with Gasteiger partial charge in [-0.05, 0) is 48.0 Å². The molecule has 0 radical (unpaired) electrons. The summed E-state index contributed by atoms with van der Waals surface area (Å²) >= 11 is 6.24. The van der Waals surface area contributed by atoms with Crippen molar-refractivity contribution >= 4 is 33.2 Å². The lowest BCUT2D eigenvalue weighted by atomic mass is 10.1. The first kappa shape index (κ1) is 22.5. The van der Waals surface area contributed by atoms with E-state index in [-0.39, 0.29) is 27.7 Å². The van der Waals surface area contributed by atoms with Crippen LogP contribution in [0.3, 0.4) is 0 Å². The highest BCUT2D eigenvalue weighted by molar-refractivity contribution is 7.92. The third-order valence-corrected chi connectivity index (χ3v) is 6.13. The van der Waals surface area contributed by atoms with Gasteiger partial charge in [-0.15, -0.1) is 0 Å². The SMILES string of the molecule is COc1ccc(CNC(=O)c2ccc(NS(=O)(=O)c3ccccc3)cc2Cl)cc1OC. The van der Waals surface area contributed by atoms with E-state index in [0.717, 1.165) is 5.56 Å². The molecule has 0 saturated heterocycles. The van der Waals surface area contributed by atoms with Crippen LogP contribution in [0, 0.1) is 0 Å². The van der Waals surface area contributed by atoms with E-state index in [4.69, 9.17) is 21.1 Å². The van der Waals surface area contributed by atoms with Gasteiger partial charge in [0.2, 0.25) is 0 Å². The van der Waals surface area contributed by atoms with E-state index in [2.05, 4.69) is 10.0 Å². The van der Waals surface area contributed by atoms with Crippen LogP contribution >= 0.6 is 11.6 Å². The normalized spacial score (nSPS) is 10.9. The molecular formula is C22H21ClN2O5S. The molecule has 0 atom stereocenters. The summed E-state index contributed by atoms with van der Waals surface area (Å²) in [6.07, 6.45) is 0. The molecule has 0 aliphatic carbocycles. The monoisotopic (exact) mass is 460 g/mol. The summed E-state index contributed by atoms with van der Waals surface area (Å²) in [5, 5.41) is 2.90. The number of hydrogen-bond donors (Lipinski definition) is 2. The van der Waals surface area contributed by atoms with Crippen LogP contribution in [-0.4, -0.2) is 28.5 Å². The van der Waals surface area contributed by atoms with Crippen molar-refractivity contribution in [3.63, 3.8) is 0 Å². The summed E-state index contributed by atoms with van der Waals surface area (Å²) < 4.78 is 37.8. The van der Waals surface area contributed by atoms with Crippen LogP contribution in [0.25, 0.3) is 0 Å². The van der Waals surface area contributed by atoms with E-state index < -0.39 is 15.9 Å². The van der Waals surface area contributed by atoms with E-state index in [1.165, 1.54) is 37.4 Å². The molecule has 162 valence electrons. The van der Waals surface area contributed by atoms with Crippen molar-refractivity contribution in [2.45, 2.75) is 11.4 Å². The second-order valence-corrected chi connectivity index (χ2v) is 8.57. The van der Waals surface area contributed by atoms with Crippen molar-refractivity contribution in [1.29, 1.82) is 0 Å². The van der Waals surface area contributed by atoms with Crippen LogP contribution in [0.1, 0.15) is 15.9 Å². The van der Waals surface area contributed by atoms with Gasteiger partial charge in [-0.1, -0.05) is 35.9 Å². The van der Waals surface area contributed by atoms with E-state index in [1.54, 1.807) is 37.4 Å². The molecule has 3 aromatic carbocycles. The molecule has 1 amide bonds. The molecule has 3 rings (SSSR count). The summed E-state index contributed by atoms with van der Waals surface area (Å²) in [7, 11) is -0.671. The molecule has 3 aromatic rings. The minimum absolute atomic E-state index is 0.123. The lowest BCUT2D eigenvalue weighted by molar-refractivity contribution is 0.0951. The number of amides is 1. The van der Waals surface area contributed by atoms with Gasteiger partial charge in [-0.2, -0.15) is 0 Å². The standard InChI is InChI=1S/C22H21ClN2O5S/c1-29-20-11-8-15(12-21(20)30-2)14-24-22(26)18-10-9-16(13-19(18)23)25-31(27,28)17-6-4-3-5-7-17/h3-13,25H,14H2,1-2H3,(H,24,26). The lowest BCUT2D eigenvalue weighted by Gasteiger charge is -2.12. The van der Waals surface area contributed by atoms with Crippen molar-refractivity contribution in [2.75, 3.05) is 18.9 Å². The summed E-state index contributed by atoms with van der Waals surface area (Å²) in [6.45, 7) is 0.248. The predicted molar refractivity (Wildman–Crippen MR) is 119 cm³/mol. The molecule has 0 bridgehead atoms. The van der Waals surface area contributed by atoms with Gasteiger partial charge in [-0.25, -0.2) is 8.42 Å². The third-order valence-electron chi connectivity index (χ3n) is 4.42. The second kappa shape index (κ2) is 9.72. The molecule has 0 aromatic heterocycles. The zero-order valence-electron chi connectivity index (χ0n) is 16.9. The van der Waals surface area contributed by atoms with Crippen LogP contribution in [0.15, 0.2) is 71.6 Å². The van der Waals surface area contributed by atoms with Crippen molar-refractivity contribution in [1.82, 2.24) is 5.32 Å². The number of sulfonamides is 1. The number of carbonyl (C=O) groups excluding carboxylic acids is 1. The molecular weight excluding hydrogens is 440 g/mol. The van der Waals surface area contributed by atoms with Crippen LogP contribution in [-0.2, 0) is 16.6 Å². The number of rotatable bonds is 8. The Hall–Kier alpha value is -3.23. The lowest BCUT2D eigenvalue weighted by Crippen LogP contribution is -2.23. The number of ether oxygens (including phenoxy) is 2. The van der Waals surface area contributed by atoms with Gasteiger partial charge in [0.1, 0.15) is 0 Å². The maximum atomic E-state index is 12.5. The Balaban J connectivity index is 1.69. The fourth-order valence-electron chi connectivity index (χ4n) is 2.84. The molecule has 7 nitrogen and oxygen atoms in total.